The predicted octanol–water partition coefficient (Wildman–Crippen LogP) is 3.55. The first kappa shape index (κ1) is 16.1. The summed E-state index contributed by atoms with van der Waals surface area (Å²) >= 11 is 6.15. The minimum atomic E-state index is -2.81. The molecule has 3 unspecified atom stereocenters. The maximum Gasteiger partial charge on any atom is 0.150 e. The molecule has 1 aliphatic carbocycles. The van der Waals surface area contributed by atoms with Crippen molar-refractivity contribution in [3.63, 3.8) is 0 Å². The summed E-state index contributed by atoms with van der Waals surface area (Å²) in [4.78, 5) is 0. The van der Waals surface area contributed by atoms with Crippen molar-refractivity contribution >= 4 is 21.4 Å². The normalized spacial score (nSPS) is 36.0. The lowest BCUT2D eigenvalue weighted by atomic mass is 9.82. The van der Waals surface area contributed by atoms with Crippen molar-refractivity contribution in [1.82, 2.24) is 0 Å². The van der Waals surface area contributed by atoms with Crippen LogP contribution in [0.15, 0.2) is 0 Å². The van der Waals surface area contributed by atoms with Gasteiger partial charge in [0, 0.05) is 5.88 Å². The SMILES string of the molecule is O=S1(=O)CCC(C(CCl)CC2CCC3(CCCCC3)O2)C1. The Morgan fingerprint density at radius 1 is 1.14 bits per heavy atom. The van der Waals surface area contributed by atoms with Crippen LogP contribution in [0.2, 0.25) is 0 Å². The third-order valence-corrected chi connectivity index (χ3v) is 7.99. The Labute approximate surface area is 133 Å². The van der Waals surface area contributed by atoms with Gasteiger partial charge in [-0.25, -0.2) is 8.42 Å². The number of halogens is 1. The molecule has 1 spiro atoms. The highest BCUT2D eigenvalue weighted by Crippen LogP contribution is 2.44. The second-order valence-corrected chi connectivity index (χ2v) is 9.87. The lowest BCUT2D eigenvalue weighted by Gasteiger charge is -2.34. The van der Waals surface area contributed by atoms with Crippen LogP contribution in [0, 0.1) is 11.8 Å². The molecular weight excluding hydrogens is 308 g/mol. The molecule has 3 fully saturated rings. The van der Waals surface area contributed by atoms with Gasteiger partial charge in [0.2, 0.25) is 0 Å². The van der Waals surface area contributed by atoms with Crippen molar-refractivity contribution < 1.29 is 13.2 Å². The van der Waals surface area contributed by atoms with E-state index in [0.717, 1.165) is 19.3 Å². The molecule has 0 amide bonds. The van der Waals surface area contributed by atoms with Crippen molar-refractivity contribution in [2.75, 3.05) is 17.4 Å². The molecule has 0 aromatic carbocycles. The third kappa shape index (κ3) is 3.76. The van der Waals surface area contributed by atoms with Gasteiger partial charge in [0.1, 0.15) is 0 Å². The topological polar surface area (TPSA) is 43.4 Å². The fraction of sp³-hybridized carbons (Fsp3) is 1.00. The second-order valence-electron chi connectivity index (χ2n) is 7.34. The summed E-state index contributed by atoms with van der Waals surface area (Å²) in [5.74, 6) is 1.79. The first-order valence-electron chi connectivity index (χ1n) is 8.46. The molecule has 3 rings (SSSR count). The van der Waals surface area contributed by atoms with Crippen LogP contribution >= 0.6 is 11.6 Å². The van der Waals surface area contributed by atoms with E-state index in [-0.39, 0.29) is 11.5 Å². The molecule has 2 heterocycles. The van der Waals surface area contributed by atoms with E-state index in [2.05, 4.69) is 0 Å². The fourth-order valence-corrected chi connectivity index (χ4v) is 6.84. The molecule has 2 aliphatic heterocycles. The summed E-state index contributed by atoms with van der Waals surface area (Å²) in [5, 5.41) is 0. The van der Waals surface area contributed by atoms with Crippen molar-refractivity contribution in [2.45, 2.75) is 69.5 Å². The molecule has 0 aromatic heterocycles. The van der Waals surface area contributed by atoms with Crippen molar-refractivity contribution in [3.05, 3.63) is 0 Å². The van der Waals surface area contributed by atoms with Crippen LogP contribution in [0.1, 0.15) is 57.8 Å². The molecule has 3 aliphatic rings. The average molecular weight is 335 g/mol. The highest BCUT2D eigenvalue weighted by atomic mass is 35.5. The Balaban J connectivity index is 1.56. The minimum Gasteiger partial charge on any atom is -0.372 e. The van der Waals surface area contributed by atoms with Crippen LogP contribution in [0.3, 0.4) is 0 Å². The fourth-order valence-electron chi connectivity index (χ4n) is 4.54. The minimum absolute atomic E-state index is 0.154. The van der Waals surface area contributed by atoms with Crippen molar-refractivity contribution in [3.8, 4) is 0 Å². The van der Waals surface area contributed by atoms with Gasteiger partial charge in [0.25, 0.3) is 0 Å². The van der Waals surface area contributed by atoms with Gasteiger partial charge in [-0.15, -0.1) is 11.6 Å². The molecule has 1 saturated carbocycles. The molecule has 0 aromatic rings. The molecule has 3 nitrogen and oxygen atoms in total. The van der Waals surface area contributed by atoms with E-state index in [9.17, 15) is 8.42 Å². The Kier molecular flexibility index (Phi) is 4.87. The van der Waals surface area contributed by atoms with Gasteiger partial charge < -0.3 is 4.74 Å². The van der Waals surface area contributed by atoms with Gasteiger partial charge >= 0.3 is 0 Å². The summed E-state index contributed by atoms with van der Waals surface area (Å²) in [7, 11) is -2.81. The summed E-state index contributed by atoms with van der Waals surface area (Å²) < 4.78 is 29.8. The quantitative estimate of drug-likeness (QED) is 0.738. The Hall–Kier alpha value is 0.200. The Bertz CT molecular complexity index is 456. The molecule has 2 saturated heterocycles. The largest absolute Gasteiger partial charge is 0.372 e. The van der Waals surface area contributed by atoms with E-state index in [1.165, 1.54) is 38.5 Å². The average Bonchev–Trinajstić information content (AvgIpc) is 3.01. The van der Waals surface area contributed by atoms with Gasteiger partial charge in [0.15, 0.2) is 9.84 Å². The van der Waals surface area contributed by atoms with E-state index in [1.54, 1.807) is 0 Å². The van der Waals surface area contributed by atoms with E-state index >= 15 is 0 Å². The number of ether oxygens (including phenoxy) is 1. The summed E-state index contributed by atoms with van der Waals surface area (Å²) in [5.41, 5.74) is 0.154. The van der Waals surface area contributed by atoms with Gasteiger partial charge in [-0.1, -0.05) is 19.3 Å². The van der Waals surface area contributed by atoms with Gasteiger partial charge in [-0.05, 0) is 50.4 Å². The van der Waals surface area contributed by atoms with Crippen LogP contribution in [0.25, 0.3) is 0 Å². The molecular formula is C16H27ClO3S. The Morgan fingerprint density at radius 2 is 1.90 bits per heavy atom. The highest BCUT2D eigenvalue weighted by molar-refractivity contribution is 7.91. The lowest BCUT2D eigenvalue weighted by molar-refractivity contribution is -0.0706. The zero-order valence-corrected chi connectivity index (χ0v) is 14.3. The molecule has 122 valence electrons. The predicted molar refractivity (Wildman–Crippen MR) is 85.5 cm³/mol. The summed E-state index contributed by atoms with van der Waals surface area (Å²) in [6.07, 6.45) is 10.7. The van der Waals surface area contributed by atoms with Gasteiger partial charge in [0.05, 0.1) is 23.2 Å². The molecule has 0 N–H and O–H groups in total. The molecule has 3 atom stereocenters. The monoisotopic (exact) mass is 334 g/mol. The standard InChI is InChI=1S/C16H27ClO3S/c17-11-14(13-5-9-21(18,19)12-13)10-15-4-8-16(20-15)6-2-1-3-7-16/h13-15H,1-12H2. The van der Waals surface area contributed by atoms with E-state index in [4.69, 9.17) is 16.3 Å². The first-order chi connectivity index (χ1) is 10.0. The lowest BCUT2D eigenvalue weighted by Crippen LogP contribution is -2.32. The smallest absolute Gasteiger partial charge is 0.150 e. The summed E-state index contributed by atoms with van der Waals surface area (Å²) in [6.45, 7) is 0. The molecule has 5 heteroatoms. The number of hydrogen-bond donors (Lipinski definition) is 0. The van der Waals surface area contributed by atoms with Crippen molar-refractivity contribution in [1.29, 1.82) is 0 Å². The number of alkyl halides is 1. The van der Waals surface area contributed by atoms with E-state index < -0.39 is 9.84 Å². The van der Waals surface area contributed by atoms with Crippen LogP contribution in [0.4, 0.5) is 0 Å². The van der Waals surface area contributed by atoms with Gasteiger partial charge in [-0.2, -0.15) is 0 Å². The van der Waals surface area contributed by atoms with Crippen LogP contribution in [-0.4, -0.2) is 37.5 Å². The van der Waals surface area contributed by atoms with E-state index in [1.807, 2.05) is 0 Å². The number of hydrogen-bond acceptors (Lipinski definition) is 3. The van der Waals surface area contributed by atoms with Crippen LogP contribution in [0.5, 0.6) is 0 Å². The molecule has 0 bridgehead atoms. The maximum absolute atomic E-state index is 11.7. The first-order valence-corrected chi connectivity index (χ1v) is 10.8. The van der Waals surface area contributed by atoms with Gasteiger partial charge in [-0.3, -0.25) is 0 Å². The summed E-state index contributed by atoms with van der Waals surface area (Å²) in [6, 6.07) is 0. The second kappa shape index (κ2) is 6.37. The zero-order chi connectivity index (χ0) is 14.9. The number of sulfone groups is 1. The molecule has 0 radical (unpaired) electrons. The zero-order valence-electron chi connectivity index (χ0n) is 12.7. The molecule has 21 heavy (non-hydrogen) atoms. The van der Waals surface area contributed by atoms with Crippen LogP contribution < -0.4 is 0 Å². The third-order valence-electron chi connectivity index (χ3n) is 5.80. The van der Waals surface area contributed by atoms with Crippen LogP contribution in [-0.2, 0) is 14.6 Å². The number of rotatable bonds is 4. The maximum atomic E-state index is 11.7. The Morgan fingerprint density at radius 3 is 2.52 bits per heavy atom. The highest BCUT2D eigenvalue weighted by Gasteiger charge is 2.42. The van der Waals surface area contributed by atoms with Crippen molar-refractivity contribution in [2.24, 2.45) is 11.8 Å². The van der Waals surface area contributed by atoms with E-state index in [0.29, 0.717) is 29.4 Å².